The number of benzene rings is 1. The molecular formula is C14H15NO4S. The topological polar surface area (TPSA) is 74.7 Å². The average molecular weight is 293 g/mol. The molecule has 1 aliphatic heterocycles. The number of thioether (sulfide) groups is 1. The molecule has 0 atom stereocenters. The van der Waals surface area contributed by atoms with E-state index in [-0.39, 0.29) is 18.4 Å². The van der Waals surface area contributed by atoms with Crippen molar-refractivity contribution >= 4 is 29.5 Å². The molecule has 0 saturated carbocycles. The molecule has 5 nitrogen and oxygen atoms in total. The van der Waals surface area contributed by atoms with Crippen LogP contribution in [0.1, 0.15) is 34.6 Å². The minimum absolute atomic E-state index is 0.216. The molecule has 0 saturated heterocycles. The number of carbonyl (C=O) groups excluding carboxylic acids is 2. The number of carbonyl (C=O) groups is 3. The molecular weight excluding hydrogens is 278 g/mol. The van der Waals surface area contributed by atoms with E-state index in [0.717, 1.165) is 0 Å². The Kier molecular flexibility index (Phi) is 3.85. The lowest BCUT2D eigenvalue weighted by Crippen LogP contribution is -2.34. The van der Waals surface area contributed by atoms with Gasteiger partial charge in [-0.15, -0.1) is 11.8 Å². The number of rotatable bonds is 5. The molecule has 2 rings (SSSR count). The van der Waals surface area contributed by atoms with Gasteiger partial charge in [0, 0.05) is 12.3 Å². The Bertz CT molecular complexity index is 547. The fraction of sp³-hybridized carbons (Fsp3) is 0.357. The van der Waals surface area contributed by atoms with Crippen molar-refractivity contribution in [3.63, 3.8) is 0 Å². The summed E-state index contributed by atoms with van der Waals surface area (Å²) in [5.41, 5.74) is 0.833. The monoisotopic (exact) mass is 293 g/mol. The van der Waals surface area contributed by atoms with Gasteiger partial charge in [-0.1, -0.05) is 12.1 Å². The van der Waals surface area contributed by atoms with E-state index in [1.807, 2.05) is 0 Å². The van der Waals surface area contributed by atoms with Crippen molar-refractivity contribution in [3.05, 3.63) is 35.4 Å². The van der Waals surface area contributed by atoms with Gasteiger partial charge in [0.15, 0.2) is 0 Å². The smallest absolute Gasteiger partial charge is 0.319 e. The number of nitrogens with zero attached hydrogens (tertiary/aromatic N) is 1. The summed E-state index contributed by atoms with van der Waals surface area (Å²) in [6.07, 6.45) is 0. The van der Waals surface area contributed by atoms with Crippen LogP contribution in [0.25, 0.3) is 0 Å². The number of carboxylic acid groups (broad SMARTS) is 1. The Labute approximate surface area is 121 Å². The summed E-state index contributed by atoms with van der Waals surface area (Å²) in [6.45, 7) is 3.42. The standard InChI is InChI=1S/C14H15NO4S/c1-14(2,13(18)19)20-8-7-15-11(16)9-5-3-4-6-10(9)12(15)17/h3-6H,7-8H2,1-2H3,(H,18,19). The highest BCUT2D eigenvalue weighted by Gasteiger charge is 2.35. The van der Waals surface area contributed by atoms with E-state index < -0.39 is 10.7 Å². The summed E-state index contributed by atoms with van der Waals surface area (Å²) in [4.78, 5) is 36.3. The van der Waals surface area contributed by atoms with E-state index >= 15 is 0 Å². The van der Waals surface area contributed by atoms with E-state index in [2.05, 4.69) is 0 Å². The van der Waals surface area contributed by atoms with E-state index in [1.54, 1.807) is 38.1 Å². The Morgan fingerprint density at radius 1 is 1.20 bits per heavy atom. The van der Waals surface area contributed by atoms with Gasteiger partial charge < -0.3 is 5.11 Å². The minimum atomic E-state index is -0.932. The highest BCUT2D eigenvalue weighted by molar-refractivity contribution is 8.01. The summed E-state index contributed by atoms with van der Waals surface area (Å²) in [5.74, 6) is -1.13. The lowest BCUT2D eigenvalue weighted by molar-refractivity contribution is -0.138. The molecule has 1 N–H and O–H groups in total. The van der Waals surface area contributed by atoms with Crippen LogP contribution in [-0.2, 0) is 4.79 Å². The molecule has 1 aromatic rings. The van der Waals surface area contributed by atoms with Crippen molar-refractivity contribution in [1.82, 2.24) is 4.90 Å². The van der Waals surface area contributed by atoms with Crippen molar-refractivity contribution in [1.29, 1.82) is 0 Å². The quantitative estimate of drug-likeness (QED) is 0.839. The summed E-state index contributed by atoms with van der Waals surface area (Å²) in [6, 6.07) is 6.69. The predicted molar refractivity (Wildman–Crippen MR) is 76.0 cm³/mol. The molecule has 0 spiro atoms. The molecule has 0 radical (unpaired) electrons. The van der Waals surface area contributed by atoms with E-state index in [9.17, 15) is 14.4 Å². The zero-order chi connectivity index (χ0) is 14.9. The first-order valence-corrected chi connectivity index (χ1v) is 7.16. The van der Waals surface area contributed by atoms with Gasteiger partial charge in [-0.05, 0) is 26.0 Å². The number of carboxylic acids is 1. The SMILES string of the molecule is CC(C)(SCCN1C(=O)c2ccccc2C1=O)C(=O)O. The maximum Gasteiger partial charge on any atom is 0.319 e. The molecule has 106 valence electrons. The van der Waals surface area contributed by atoms with Crippen LogP contribution in [0.3, 0.4) is 0 Å². The van der Waals surface area contributed by atoms with Gasteiger partial charge in [-0.25, -0.2) is 0 Å². The van der Waals surface area contributed by atoms with Crippen molar-refractivity contribution in [2.45, 2.75) is 18.6 Å². The van der Waals surface area contributed by atoms with E-state index in [4.69, 9.17) is 5.11 Å². The number of fused-ring (bicyclic) bond motifs is 1. The third-order valence-electron chi connectivity index (χ3n) is 3.17. The van der Waals surface area contributed by atoms with Crippen molar-refractivity contribution in [2.24, 2.45) is 0 Å². The first kappa shape index (κ1) is 14.6. The van der Waals surface area contributed by atoms with Crippen LogP contribution >= 0.6 is 11.8 Å². The minimum Gasteiger partial charge on any atom is -0.480 e. The second-order valence-corrected chi connectivity index (χ2v) is 6.69. The van der Waals surface area contributed by atoms with E-state index in [0.29, 0.717) is 16.9 Å². The second-order valence-electron chi connectivity index (χ2n) is 4.97. The highest BCUT2D eigenvalue weighted by Crippen LogP contribution is 2.27. The van der Waals surface area contributed by atoms with Crippen LogP contribution in [0.15, 0.2) is 24.3 Å². The fourth-order valence-corrected chi connectivity index (χ4v) is 2.80. The summed E-state index contributed by atoms with van der Waals surface area (Å²) < 4.78 is -0.932. The van der Waals surface area contributed by atoms with Crippen LogP contribution in [0, 0.1) is 0 Å². The Balaban J connectivity index is 2.01. The van der Waals surface area contributed by atoms with Crippen LogP contribution in [0.5, 0.6) is 0 Å². The first-order valence-electron chi connectivity index (χ1n) is 6.17. The average Bonchev–Trinajstić information content (AvgIpc) is 2.64. The van der Waals surface area contributed by atoms with Crippen molar-refractivity contribution in [3.8, 4) is 0 Å². The molecule has 1 aliphatic rings. The molecule has 6 heteroatoms. The number of aliphatic carboxylic acids is 1. The molecule has 1 heterocycles. The maximum atomic E-state index is 12.1. The van der Waals surface area contributed by atoms with E-state index in [1.165, 1.54) is 16.7 Å². The van der Waals surface area contributed by atoms with Crippen molar-refractivity contribution in [2.75, 3.05) is 12.3 Å². The van der Waals surface area contributed by atoms with Crippen molar-refractivity contribution < 1.29 is 19.5 Å². The van der Waals surface area contributed by atoms with Gasteiger partial charge in [0.25, 0.3) is 11.8 Å². The lowest BCUT2D eigenvalue weighted by Gasteiger charge is -2.20. The number of hydrogen-bond donors (Lipinski definition) is 1. The number of hydrogen-bond acceptors (Lipinski definition) is 4. The van der Waals surface area contributed by atoms with Gasteiger partial charge in [0.2, 0.25) is 0 Å². The highest BCUT2D eigenvalue weighted by atomic mass is 32.2. The summed E-state index contributed by atoms with van der Waals surface area (Å²) in [5, 5.41) is 9.01. The summed E-state index contributed by atoms with van der Waals surface area (Å²) >= 11 is 1.21. The van der Waals surface area contributed by atoms with Gasteiger partial charge in [-0.3, -0.25) is 19.3 Å². The van der Waals surface area contributed by atoms with Crippen LogP contribution in [0.4, 0.5) is 0 Å². The largest absolute Gasteiger partial charge is 0.480 e. The summed E-state index contributed by atoms with van der Waals surface area (Å²) in [7, 11) is 0. The Hall–Kier alpha value is -1.82. The molecule has 0 aromatic heterocycles. The molecule has 20 heavy (non-hydrogen) atoms. The number of imide groups is 1. The molecule has 2 amide bonds. The third-order valence-corrected chi connectivity index (χ3v) is 4.45. The zero-order valence-corrected chi connectivity index (χ0v) is 12.1. The normalized spacial score (nSPS) is 14.6. The van der Waals surface area contributed by atoms with Gasteiger partial charge in [0.05, 0.1) is 11.1 Å². The molecule has 1 aromatic carbocycles. The predicted octanol–water partition coefficient (Wildman–Crippen LogP) is 1.88. The lowest BCUT2D eigenvalue weighted by atomic mass is 10.1. The second kappa shape index (κ2) is 5.28. The maximum absolute atomic E-state index is 12.1. The third kappa shape index (κ3) is 2.56. The Morgan fingerprint density at radius 2 is 1.70 bits per heavy atom. The van der Waals surface area contributed by atoms with Crippen LogP contribution in [0.2, 0.25) is 0 Å². The van der Waals surface area contributed by atoms with Gasteiger partial charge in [-0.2, -0.15) is 0 Å². The molecule has 0 unspecified atom stereocenters. The molecule has 0 bridgehead atoms. The van der Waals surface area contributed by atoms with Gasteiger partial charge in [0.1, 0.15) is 4.75 Å². The number of amides is 2. The first-order chi connectivity index (χ1) is 9.34. The van der Waals surface area contributed by atoms with Gasteiger partial charge >= 0.3 is 5.97 Å². The zero-order valence-electron chi connectivity index (χ0n) is 11.3. The van der Waals surface area contributed by atoms with Crippen LogP contribution in [-0.4, -0.2) is 44.8 Å². The van der Waals surface area contributed by atoms with Crippen LogP contribution < -0.4 is 0 Å². The Morgan fingerprint density at radius 3 is 2.15 bits per heavy atom. The fourth-order valence-electron chi connectivity index (χ4n) is 1.90. The molecule has 0 fully saturated rings. The molecule has 0 aliphatic carbocycles.